The monoisotopic (exact) mass is 395 g/mol. The van der Waals surface area contributed by atoms with E-state index in [1.54, 1.807) is 29.2 Å². The zero-order chi connectivity index (χ0) is 19.3. The van der Waals surface area contributed by atoms with Crippen LogP contribution in [0.25, 0.3) is 6.08 Å². The molecule has 0 bridgehead atoms. The van der Waals surface area contributed by atoms with E-state index in [0.717, 1.165) is 17.1 Å². The molecular formula is C21H18ClN3O3. The lowest BCUT2D eigenvalue weighted by atomic mass is 10.2. The molecule has 6 nitrogen and oxygen atoms in total. The highest BCUT2D eigenvalue weighted by Crippen LogP contribution is 2.31. The van der Waals surface area contributed by atoms with Crippen molar-refractivity contribution in [2.24, 2.45) is 0 Å². The topological polar surface area (TPSA) is 65.4 Å². The van der Waals surface area contributed by atoms with Gasteiger partial charge in [0.1, 0.15) is 6.61 Å². The molecule has 4 rings (SSSR count). The van der Waals surface area contributed by atoms with Crippen LogP contribution >= 0.6 is 11.6 Å². The summed E-state index contributed by atoms with van der Waals surface area (Å²) in [5, 5.41) is 7.65. The van der Waals surface area contributed by atoms with Gasteiger partial charge in [-0.2, -0.15) is 5.10 Å². The first-order valence-corrected chi connectivity index (χ1v) is 9.20. The Morgan fingerprint density at radius 3 is 2.86 bits per heavy atom. The van der Waals surface area contributed by atoms with Crippen molar-refractivity contribution >= 4 is 29.3 Å². The Morgan fingerprint density at radius 2 is 2.00 bits per heavy atom. The first-order valence-electron chi connectivity index (χ1n) is 8.82. The van der Waals surface area contributed by atoms with Crippen molar-refractivity contribution < 1.29 is 14.3 Å². The van der Waals surface area contributed by atoms with Gasteiger partial charge in [-0.3, -0.25) is 9.48 Å². The summed E-state index contributed by atoms with van der Waals surface area (Å²) < 4.78 is 13.4. The SMILES string of the molecule is O=C(/C=C/c1ccccc1Cl)Nc1cnn(CC2COc3ccccc3O2)c1. The van der Waals surface area contributed by atoms with Crippen LogP contribution in [0.3, 0.4) is 0 Å². The van der Waals surface area contributed by atoms with Gasteiger partial charge in [-0.05, 0) is 29.8 Å². The predicted octanol–water partition coefficient (Wildman–Crippen LogP) is 4.03. The molecular weight excluding hydrogens is 378 g/mol. The number of nitrogens with zero attached hydrogens (tertiary/aromatic N) is 2. The molecule has 0 aliphatic carbocycles. The second-order valence-electron chi connectivity index (χ2n) is 6.29. The predicted molar refractivity (Wildman–Crippen MR) is 108 cm³/mol. The third-order valence-electron chi connectivity index (χ3n) is 4.18. The molecule has 0 saturated heterocycles. The number of rotatable bonds is 5. The van der Waals surface area contributed by atoms with Gasteiger partial charge in [0.15, 0.2) is 17.6 Å². The molecule has 0 saturated carbocycles. The van der Waals surface area contributed by atoms with Gasteiger partial charge in [0.05, 0.1) is 18.4 Å². The van der Waals surface area contributed by atoms with Crippen LogP contribution in [0.15, 0.2) is 67.0 Å². The number of para-hydroxylation sites is 2. The number of hydrogen-bond acceptors (Lipinski definition) is 4. The summed E-state index contributed by atoms with van der Waals surface area (Å²) in [4.78, 5) is 12.1. The van der Waals surface area contributed by atoms with Crippen molar-refractivity contribution in [2.45, 2.75) is 12.6 Å². The van der Waals surface area contributed by atoms with Gasteiger partial charge in [0.25, 0.3) is 0 Å². The molecule has 0 fully saturated rings. The largest absolute Gasteiger partial charge is 0.486 e. The highest BCUT2D eigenvalue weighted by molar-refractivity contribution is 6.32. The average Bonchev–Trinajstić information content (AvgIpc) is 3.14. The van der Waals surface area contributed by atoms with Gasteiger partial charge in [-0.1, -0.05) is 41.9 Å². The minimum atomic E-state index is -0.259. The Kier molecular flexibility index (Phi) is 5.30. The number of aromatic nitrogens is 2. The van der Waals surface area contributed by atoms with Crippen LogP contribution in [0.4, 0.5) is 5.69 Å². The lowest BCUT2D eigenvalue weighted by Gasteiger charge is -2.26. The van der Waals surface area contributed by atoms with Crippen molar-refractivity contribution in [3.63, 3.8) is 0 Å². The number of carbonyl (C=O) groups excluding carboxylic acids is 1. The zero-order valence-corrected chi connectivity index (χ0v) is 15.7. The van der Waals surface area contributed by atoms with Gasteiger partial charge in [-0.25, -0.2) is 0 Å². The van der Waals surface area contributed by atoms with Crippen LogP contribution < -0.4 is 14.8 Å². The van der Waals surface area contributed by atoms with E-state index in [0.29, 0.717) is 23.9 Å². The normalized spacial score (nSPS) is 15.5. The summed E-state index contributed by atoms with van der Waals surface area (Å²) in [6, 6.07) is 14.9. The van der Waals surface area contributed by atoms with Crippen LogP contribution in [0.5, 0.6) is 11.5 Å². The molecule has 0 spiro atoms. The number of amides is 1. The quantitative estimate of drug-likeness (QED) is 0.662. The Hall–Kier alpha value is -3.25. The van der Waals surface area contributed by atoms with Gasteiger partial charge in [-0.15, -0.1) is 0 Å². The Bertz CT molecular complexity index is 1020. The molecule has 1 aliphatic heterocycles. The maximum Gasteiger partial charge on any atom is 0.248 e. The molecule has 1 atom stereocenters. The second-order valence-corrected chi connectivity index (χ2v) is 6.70. The summed E-state index contributed by atoms with van der Waals surface area (Å²) in [6.45, 7) is 0.957. The zero-order valence-electron chi connectivity index (χ0n) is 14.9. The minimum Gasteiger partial charge on any atom is -0.486 e. The molecule has 28 heavy (non-hydrogen) atoms. The van der Waals surface area contributed by atoms with Crippen molar-refractivity contribution in [3.8, 4) is 11.5 Å². The number of fused-ring (bicyclic) bond motifs is 1. The number of hydrogen-bond donors (Lipinski definition) is 1. The average molecular weight is 396 g/mol. The van der Waals surface area contributed by atoms with Crippen molar-refractivity contribution in [2.75, 3.05) is 11.9 Å². The summed E-state index contributed by atoms with van der Waals surface area (Å²) in [5.41, 5.74) is 1.38. The molecule has 1 N–H and O–H groups in total. The van der Waals surface area contributed by atoms with E-state index in [9.17, 15) is 4.79 Å². The van der Waals surface area contributed by atoms with Crippen LogP contribution in [-0.4, -0.2) is 28.4 Å². The minimum absolute atomic E-state index is 0.154. The fraction of sp³-hybridized carbons (Fsp3) is 0.143. The molecule has 7 heteroatoms. The first kappa shape index (κ1) is 18.1. The first-order chi connectivity index (χ1) is 13.7. The van der Waals surface area contributed by atoms with Gasteiger partial charge >= 0.3 is 0 Å². The van der Waals surface area contributed by atoms with E-state index in [-0.39, 0.29) is 12.0 Å². The van der Waals surface area contributed by atoms with Crippen molar-refractivity contribution in [1.29, 1.82) is 0 Å². The summed E-state index contributed by atoms with van der Waals surface area (Å²) >= 11 is 6.08. The fourth-order valence-electron chi connectivity index (χ4n) is 2.85. The standard InChI is InChI=1S/C21H18ClN3O3/c22-18-6-2-1-5-15(18)9-10-21(26)24-16-11-23-25(12-16)13-17-14-27-19-7-3-4-8-20(19)28-17/h1-12,17H,13-14H2,(H,24,26)/b10-9+. The van der Waals surface area contributed by atoms with Gasteiger partial charge in [0.2, 0.25) is 5.91 Å². The fourth-order valence-corrected chi connectivity index (χ4v) is 3.05. The number of carbonyl (C=O) groups is 1. The third-order valence-corrected chi connectivity index (χ3v) is 4.52. The van der Waals surface area contributed by atoms with Crippen LogP contribution in [0, 0.1) is 0 Å². The van der Waals surface area contributed by atoms with Crippen LogP contribution in [-0.2, 0) is 11.3 Å². The van der Waals surface area contributed by atoms with E-state index in [1.807, 2.05) is 42.5 Å². The number of nitrogens with one attached hydrogen (secondary N) is 1. The molecule has 1 aromatic heterocycles. The van der Waals surface area contributed by atoms with Gasteiger partial charge in [0, 0.05) is 17.3 Å². The van der Waals surface area contributed by atoms with Crippen molar-refractivity contribution in [3.05, 3.63) is 77.6 Å². The van der Waals surface area contributed by atoms with Crippen LogP contribution in [0.1, 0.15) is 5.56 Å². The summed E-state index contributed by atoms with van der Waals surface area (Å²) in [6.07, 6.45) is 6.31. The molecule has 1 amide bonds. The van der Waals surface area contributed by atoms with Crippen LogP contribution in [0.2, 0.25) is 5.02 Å². The van der Waals surface area contributed by atoms with Gasteiger partial charge < -0.3 is 14.8 Å². The highest BCUT2D eigenvalue weighted by atomic mass is 35.5. The van der Waals surface area contributed by atoms with E-state index in [1.165, 1.54) is 6.08 Å². The lowest BCUT2D eigenvalue weighted by molar-refractivity contribution is -0.111. The number of anilines is 1. The molecule has 1 unspecified atom stereocenters. The molecule has 1 aliphatic rings. The van der Waals surface area contributed by atoms with E-state index in [2.05, 4.69) is 10.4 Å². The van der Waals surface area contributed by atoms with Crippen molar-refractivity contribution in [1.82, 2.24) is 9.78 Å². The maximum absolute atomic E-state index is 12.1. The number of benzene rings is 2. The third kappa shape index (κ3) is 4.35. The second kappa shape index (κ2) is 8.19. The Labute approximate surface area is 167 Å². The van der Waals surface area contributed by atoms with E-state index >= 15 is 0 Å². The Balaban J connectivity index is 1.33. The van der Waals surface area contributed by atoms with E-state index < -0.39 is 0 Å². The number of ether oxygens (including phenoxy) is 2. The maximum atomic E-state index is 12.1. The Morgan fingerprint density at radius 1 is 1.21 bits per heavy atom. The van der Waals surface area contributed by atoms with E-state index in [4.69, 9.17) is 21.1 Å². The molecule has 3 aromatic rings. The molecule has 2 heterocycles. The molecule has 142 valence electrons. The smallest absolute Gasteiger partial charge is 0.248 e. The molecule has 0 radical (unpaired) electrons. The summed E-state index contributed by atoms with van der Waals surface area (Å²) in [7, 11) is 0. The summed E-state index contributed by atoms with van der Waals surface area (Å²) in [5.74, 6) is 1.22. The number of halogens is 1. The lowest BCUT2D eigenvalue weighted by Crippen LogP contribution is -2.33. The highest BCUT2D eigenvalue weighted by Gasteiger charge is 2.21. The molecule has 2 aromatic carbocycles.